The summed E-state index contributed by atoms with van der Waals surface area (Å²) in [5, 5.41) is 3.37. The zero-order chi connectivity index (χ0) is 51.2. The highest BCUT2D eigenvalue weighted by Gasteiger charge is 2.53. The first kappa shape index (κ1) is 45.4. The van der Waals surface area contributed by atoms with Gasteiger partial charge in [-0.3, -0.25) is 4.90 Å². The van der Waals surface area contributed by atoms with E-state index in [9.17, 15) is 0 Å². The molecule has 0 spiro atoms. The van der Waals surface area contributed by atoms with Gasteiger partial charge in [0.2, 0.25) is 5.88 Å². The summed E-state index contributed by atoms with van der Waals surface area (Å²) in [4.78, 5) is 5.22. The van der Waals surface area contributed by atoms with Crippen molar-refractivity contribution in [2.24, 2.45) is 0 Å². The van der Waals surface area contributed by atoms with Crippen molar-refractivity contribution in [3.8, 4) is 33.4 Å². The predicted molar refractivity (Wildman–Crippen MR) is 313 cm³/mol. The summed E-state index contributed by atoms with van der Waals surface area (Å²) in [7, 11) is 0. The van der Waals surface area contributed by atoms with Crippen LogP contribution in [0.3, 0.4) is 0 Å². The Morgan fingerprint density at radius 2 is 1.12 bits per heavy atom. The van der Waals surface area contributed by atoms with Crippen molar-refractivity contribution >= 4 is 79.3 Å². The van der Waals surface area contributed by atoms with E-state index in [2.05, 4.69) is 244 Å². The number of benzene rings is 8. The van der Waals surface area contributed by atoms with Crippen LogP contribution in [0.1, 0.15) is 129 Å². The van der Waals surface area contributed by atoms with E-state index in [-0.39, 0.29) is 33.9 Å². The lowest BCUT2D eigenvalue weighted by atomic mass is 9.43. The molecule has 0 atom stereocenters. The van der Waals surface area contributed by atoms with E-state index in [1.54, 1.807) is 0 Å². The van der Waals surface area contributed by atoms with E-state index in [1.165, 1.54) is 77.6 Å². The topological polar surface area (TPSA) is 32.8 Å². The quantitative estimate of drug-likeness (QED) is 0.165. The molecule has 4 heterocycles. The van der Waals surface area contributed by atoms with E-state index in [1.807, 2.05) is 0 Å². The van der Waals surface area contributed by atoms with Gasteiger partial charge in [0, 0.05) is 49.5 Å². The molecule has 4 nitrogen and oxygen atoms in total. The molecule has 0 amide bonds. The van der Waals surface area contributed by atoms with E-state index in [0.717, 1.165) is 74.4 Å². The van der Waals surface area contributed by atoms with Gasteiger partial charge in [0.1, 0.15) is 11.2 Å². The van der Waals surface area contributed by atoms with Gasteiger partial charge >= 0.3 is 6.85 Å². The van der Waals surface area contributed by atoms with E-state index < -0.39 is 0 Å². The normalized spacial score (nSPS) is 16.8. The predicted octanol–water partition coefficient (Wildman–Crippen LogP) is 18.0. The Hall–Kier alpha value is -7.24. The van der Waals surface area contributed by atoms with E-state index in [4.69, 9.17) is 8.83 Å². The van der Waals surface area contributed by atoms with Gasteiger partial charge in [-0.25, -0.2) is 0 Å². The Kier molecular flexibility index (Phi) is 9.18. The van der Waals surface area contributed by atoms with E-state index >= 15 is 0 Å². The van der Waals surface area contributed by atoms with Crippen molar-refractivity contribution < 1.29 is 8.83 Å². The first-order valence-electron chi connectivity index (χ1n) is 27.0. The van der Waals surface area contributed by atoms with Crippen LogP contribution in [-0.4, -0.2) is 6.85 Å². The number of para-hydroxylation sites is 1. The van der Waals surface area contributed by atoms with Crippen LogP contribution in [0.2, 0.25) is 0 Å². The maximum absolute atomic E-state index is 7.83. The smallest absolute Gasteiger partial charge is 0.337 e. The second-order valence-electron chi connectivity index (χ2n) is 26.0. The first-order chi connectivity index (χ1) is 35.2. The fraction of sp³-hybridized carbons (Fsp3) is 0.275. The molecular weight excluding hydrogens is 900 g/mol. The van der Waals surface area contributed by atoms with Crippen LogP contribution < -0.4 is 20.6 Å². The summed E-state index contributed by atoms with van der Waals surface area (Å²) in [5.41, 5.74) is 24.6. The van der Waals surface area contributed by atoms with Crippen molar-refractivity contribution in [1.29, 1.82) is 0 Å². The molecule has 0 bridgehead atoms. The summed E-state index contributed by atoms with van der Waals surface area (Å²) < 4.78 is 15.2. The molecule has 5 heteroatoms. The number of anilines is 5. The van der Waals surface area contributed by atoms with Gasteiger partial charge in [0.05, 0.1) is 11.4 Å². The minimum Gasteiger partial charge on any atom is -0.454 e. The molecular formula is C69H65BN2O2. The zero-order valence-electron chi connectivity index (χ0n) is 45.1. The van der Waals surface area contributed by atoms with Gasteiger partial charge < -0.3 is 13.6 Å². The molecule has 10 aromatic rings. The van der Waals surface area contributed by atoms with Gasteiger partial charge in [-0.2, -0.15) is 0 Å². The highest BCUT2D eigenvalue weighted by atomic mass is 16.4. The van der Waals surface area contributed by atoms with Gasteiger partial charge in [0.25, 0.3) is 0 Å². The molecule has 366 valence electrons. The fourth-order valence-corrected chi connectivity index (χ4v) is 13.8. The van der Waals surface area contributed by atoms with Crippen LogP contribution in [0, 0.1) is 0 Å². The third-order valence-electron chi connectivity index (χ3n) is 18.0. The van der Waals surface area contributed by atoms with Crippen molar-refractivity contribution in [3.63, 3.8) is 0 Å². The highest BCUT2D eigenvalue weighted by Crippen LogP contribution is 2.60. The van der Waals surface area contributed by atoms with Crippen LogP contribution in [-0.2, 0) is 27.1 Å². The Morgan fingerprint density at radius 3 is 1.85 bits per heavy atom. The lowest BCUT2D eigenvalue weighted by Gasteiger charge is -2.46. The number of hydrogen-bond acceptors (Lipinski definition) is 4. The van der Waals surface area contributed by atoms with E-state index in [0.29, 0.717) is 0 Å². The van der Waals surface area contributed by atoms with Gasteiger partial charge in [-0.1, -0.05) is 186 Å². The molecule has 14 rings (SSSR count). The van der Waals surface area contributed by atoms with Crippen molar-refractivity contribution in [2.45, 2.75) is 123 Å². The van der Waals surface area contributed by atoms with Crippen LogP contribution in [0.15, 0.2) is 160 Å². The second-order valence-corrected chi connectivity index (χ2v) is 26.0. The first-order valence-corrected chi connectivity index (χ1v) is 27.0. The van der Waals surface area contributed by atoms with Gasteiger partial charge in [0.15, 0.2) is 5.58 Å². The SMILES string of the molecule is CC(C)(C)c1ccc(N2B3c4c(cc5c(oc6ccccc65)c4N(c4ccc(C(C)(C)C)cc4-c4ccccc4)c4oc5cc6c(cc5c43)C(C)(C)CCC6(C)C)-c3ccc4c(c32)C(C)(C)c2ccccc2-4)cc1. The summed E-state index contributed by atoms with van der Waals surface area (Å²) in [6, 6.07) is 57.6. The van der Waals surface area contributed by atoms with Crippen LogP contribution in [0.5, 0.6) is 0 Å². The molecule has 0 radical (unpaired) electrons. The van der Waals surface area contributed by atoms with Crippen molar-refractivity contribution in [2.75, 3.05) is 9.71 Å². The molecule has 74 heavy (non-hydrogen) atoms. The molecule has 2 aliphatic heterocycles. The molecule has 0 unspecified atom stereocenters. The molecule has 0 saturated carbocycles. The van der Waals surface area contributed by atoms with Gasteiger partial charge in [-0.05, 0) is 144 Å². The number of rotatable bonds is 3. The standard InChI is InChI=1S/C69H65BN2O2/c1-65(2,3)41-26-29-43(30-27-41)72-61-47(32-31-46-44-22-16-18-24-52(44)69(11,12)58(46)61)49-37-50-45-23-17-19-25-56(45)73-63(50)62-59(49)70(72)60-51-38-53-54(68(9,10)35-34-67(53,7)8)39-57(51)74-64(60)71(62)55-33-28-42(66(4,5)6)36-48(55)40-20-14-13-15-21-40/h13-33,36-39H,34-35H2,1-12H3. The third-order valence-corrected chi connectivity index (χ3v) is 18.0. The average Bonchev–Trinajstić information content (AvgIpc) is 4.07. The second kappa shape index (κ2) is 15.0. The number of nitrogens with zero attached hydrogens (tertiary/aromatic N) is 2. The zero-order valence-corrected chi connectivity index (χ0v) is 45.1. The lowest BCUT2D eigenvalue weighted by Crippen LogP contribution is -2.61. The Balaban J connectivity index is 1.20. The van der Waals surface area contributed by atoms with Crippen LogP contribution in [0.4, 0.5) is 28.6 Å². The molecule has 4 aliphatic rings. The fourth-order valence-electron chi connectivity index (χ4n) is 13.8. The molecule has 2 aromatic heterocycles. The van der Waals surface area contributed by atoms with Crippen LogP contribution >= 0.6 is 0 Å². The molecule has 0 fully saturated rings. The van der Waals surface area contributed by atoms with Crippen LogP contribution in [0.25, 0.3) is 66.3 Å². The third kappa shape index (κ3) is 6.22. The minimum absolute atomic E-state index is 0.0162. The minimum atomic E-state index is -0.309. The maximum atomic E-state index is 7.83. The Morgan fingerprint density at radius 1 is 0.473 bits per heavy atom. The monoisotopic (exact) mass is 965 g/mol. The molecule has 2 aliphatic carbocycles. The largest absolute Gasteiger partial charge is 0.454 e. The number of hydrogen-bond donors (Lipinski definition) is 0. The maximum Gasteiger partial charge on any atom is 0.337 e. The van der Waals surface area contributed by atoms with Crippen molar-refractivity contribution in [3.05, 3.63) is 185 Å². The Bertz CT molecular complexity index is 4020. The molecule has 0 N–H and O–H groups in total. The number of furan rings is 2. The average molecular weight is 965 g/mol. The van der Waals surface area contributed by atoms with Gasteiger partial charge in [-0.15, -0.1) is 0 Å². The highest BCUT2D eigenvalue weighted by molar-refractivity contribution is 6.95. The molecule has 0 saturated heterocycles. The summed E-state index contributed by atoms with van der Waals surface area (Å²) in [5.74, 6) is 0.838. The summed E-state index contributed by atoms with van der Waals surface area (Å²) in [6.07, 6.45) is 2.23. The summed E-state index contributed by atoms with van der Waals surface area (Å²) in [6.45, 7) is 28.2. The molecule has 8 aromatic carbocycles. The Labute approximate surface area is 437 Å². The van der Waals surface area contributed by atoms with Crippen molar-refractivity contribution in [1.82, 2.24) is 0 Å². The number of fused-ring (bicyclic) bond motifs is 15. The lowest BCUT2D eigenvalue weighted by molar-refractivity contribution is 0.332. The summed E-state index contributed by atoms with van der Waals surface area (Å²) >= 11 is 0.